The number of hydrogen-bond donors (Lipinski definition) is 10. The molecule has 3 aromatic carbocycles. The van der Waals surface area contributed by atoms with Gasteiger partial charge in [0.25, 0.3) is 0 Å². The van der Waals surface area contributed by atoms with Crippen molar-refractivity contribution in [3.63, 3.8) is 0 Å². The normalized spacial score (nSPS) is 27.7. The van der Waals surface area contributed by atoms with Crippen molar-refractivity contribution in [3.8, 4) is 51.6 Å². The van der Waals surface area contributed by atoms with E-state index in [9.17, 15) is 60.7 Å². The molecular formula is C38H40O19. The van der Waals surface area contributed by atoms with Crippen LogP contribution in [0.2, 0.25) is 0 Å². The molecule has 10 N–H and O–H groups in total. The van der Waals surface area contributed by atoms with Crippen LogP contribution in [0.25, 0.3) is 28.4 Å². The Morgan fingerprint density at radius 1 is 0.789 bits per heavy atom. The highest BCUT2D eigenvalue weighted by Crippen LogP contribution is 2.40. The summed E-state index contributed by atoms with van der Waals surface area (Å²) in [5.74, 6) is -4.21. The molecule has 0 amide bonds. The molecule has 0 saturated carbocycles. The Morgan fingerprint density at radius 2 is 1.47 bits per heavy atom. The Labute approximate surface area is 321 Å². The monoisotopic (exact) mass is 800 g/mol. The van der Waals surface area contributed by atoms with Crippen molar-refractivity contribution in [1.82, 2.24) is 0 Å². The molecule has 19 heteroatoms. The topological polar surface area (TPSA) is 305 Å². The molecule has 2 saturated heterocycles. The first-order valence-corrected chi connectivity index (χ1v) is 17.3. The van der Waals surface area contributed by atoms with Gasteiger partial charge in [-0.05, 0) is 61.4 Å². The molecule has 2 aliphatic heterocycles. The summed E-state index contributed by atoms with van der Waals surface area (Å²) in [7, 11) is 1.36. The average Bonchev–Trinajstić information content (AvgIpc) is 3.17. The largest absolute Gasteiger partial charge is 0.507 e. The summed E-state index contributed by atoms with van der Waals surface area (Å²) in [5.41, 5.74) is -0.582. The number of aliphatic hydroxyl groups excluding tert-OH is 6. The number of aromatic hydroxyl groups is 4. The van der Waals surface area contributed by atoms with Crippen LogP contribution in [-0.2, 0) is 19.0 Å². The van der Waals surface area contributed by atoms with Crippen molar-refractivity contribution < 1.29 is 88.7 Å². The van der Waals surface area contributed by atoms with E-state index in [-0.39, 0.29) is 28.4 Å². The molecule has 10 atom stereocenters. The summed E-state index contributed by atoms with van der Waals surface area (Å²) in [4.78, 5) is 26.7. The molecule has 2 aliphatic rings. The van der Waals surface area contributed by atoms with Crippen LogP contribution < -0.4 is 19.6 Å². The third-order valence-corrected chi connectivity index (χ3v) is 9.42. The summed E-state index contributed by atoms with van der Waals surface area (Å²) >= 11 is 0. The van der Waals surface area contributed by atoms with E-state index < -0.39 is 114 Å². The molecule has 0 aliphatic carbocycles. The highest BCUT2D eigenvalue weighted by atomic mass is 16.7. The zero-order chi connectivity index (χ0) is 41.5. The van der Waals surface area contributed by atoms with Gasteiger partial charge in [-0.1, -0.05) is 0 Å². The molecule has 4 aromatic rings. The lowest BCUT2D eigenvalue weighted by atomic mass is 9.99. The van der Waals surface area contributed by atoms with Crippen molar-refractivity contribution in [2.24, 2.45) is 0 Å². The summed E-state index contributed by atoms with van der Waals surface area (Å²) in [6, 6.07) is 8.39. The fourth-order valence-electron chi connectivity index (χ4n) is 6.20. The average molecular weight is 801 g/mol. The van der Waals surface area contributed by atoms with Crippen LogP contribution in [0.5, 0.6) is 40.2 Å². The lowest BCUT2D eigenvalue weighted by Gasteiger charge is -2.39. The van der Waals surface area contributed by atoms with Crippen LogP contribution in [0.15, 0.2) is 57.8 Å². The van der Waals surface area contributed by atoms with E-state index in [4.69, 9.17) is 32.8 Å². The second kappa shape index (κ2) is 16.5. The minimum atomic E-state index is -2.03. The molecule has 57 heavy (non-hydrogen) atoms. The molecule has 0 spiro atoms. The fraction of sp³-hybridized carbons (Fsp3) is 0.368. The summed E-state index contributed by atoms with van der Waals surface area (Å²) in [6.07, 6.45) is -14.2. The zero-order valence-corrected chi connectivity index (χ0v) is 30.3. The molecule has 1 aromatic heterocycles. The van der Waals surface area contributed by atoms with Crippen LogP contribution >= 0.6 is 0 Å². The van der Waals surface area contributed by atoms with E-state index in [1.807, 2.05) is 0 Å². The van der Waals surface area contributed by atoms with Crippen molar-refractivity contribution in [1.29, 1.82) is 0 Å². The van der Waals surface area contributed by atoms with Gasteiger partial charge in [0.05, 0.1) is 13.2 Å². The van der Waals surface area contributed by atoms with Gasteiger partial charge in [0.2, 0.25) is 23.8 Å². The number of rotatable bonds is 10. The predicted octanol–water partition coefficient (Wildman–Crippen LogP) is 0.249. The second-order valence-electron chi connectivity index (χ2n) is 13.4. The molecule has 0 bridgehead atoms. The van der Waals surface area contributed by atoms with Gasteiger partial charge in [0.15, 0.2) is 28.8 Å². The SMILES string of the molecule is COc1cc(/C=C/C(=O)OCC2O[C@@H](Oc3c(-c4ccc(O)c(O)c4)oc4cc(O[C@@H]5OC(C)[C@H](O)[C@H](O)C5O)cc(O)c4c3=O)C(O)[C@@H](O)[C@@H]2O)cc(C)c1O. The molecular weight excluding hydrogens is 760 g/mol. The first-order valence-electron chi connectivity index (χ1n) is 17.3. The number of hydrogen-bond acceptors (Lipinski definition) is 19. The van der Waals surface area contributed by atoms with Crippen LogP contribution in [0, 0.1) is 6.92 Å². The number of methoxy groups -OCH3 is 1. The molecule has 3 heterocycles. The van der Waals surface area contributed by atoms with E-state index in [2.05, 4.69) is 0 Å². The molecule has 2 fully saturated rings. The number of benzene rings is 3. The van der Waals surface area contributed by atoms with E-state index in [1.165, 1.54) is 32.2 Å². The van der Waals surface area contributed by atoms with Gasteiger partial charge in [0.1, 0.15) is 71.8 Å². The second-order valence-corrected chi connectivity index (χ2v) is 13.4. The van der Waals surface area contributed by atoms with Gasteiger partial charge in [-0.2, -0.15) is 0 Å². The fourth-order valence-corrected chi connectivity index (χ4v) is 6.20. The molecule has 4 unspecified atom stereocenters. The van der Waals surface area contributed by atoms with E-state index in [1.54, 1.807) is 13.0 Å². The lowest BCUT2D eigenvalue weighted by molar-refractivity contribution is -0.278. The number of fused-ring (bicyclic) bond motifs is 1. The number of esters is 1. The van der Waals surface area contributed by atoms with Gasteiger partial charge in [0, 0.05) is 23.8 Å². The van der Waals surface area contributed by atoms with Crippen LogP contribution in [0.1, 0.15) is 18.1 Å². The van der Waals surface area contributed by atoms with Gasteiger partial charge in [-0.3, -0.25) is 4.79 Å². The third-order valence-electron chi connectivity index (χ3n) is 9.42. The minimum Gasteiger partial charge on any atom is -0.507 e. The van der Waals surface area contributed by atoms with Crippen LogP contribution in [-0.4, -0.2) is 132 Å². The lowest BCUT2D eigenvalue weighted by Crippen LogP contribution is -2.60. The summed E-state index contributed by atoms with van der Waals surface area (Å²) < 4.78 is 38.8. The zero-order valence-electron chi connectivity index (χ0n) is 30.3. The van der Waals surface area contributed by atoms with Gasteiger partial charge in [-0.15, -0.1) is 0 Å². The van der Waals surface area contributed by atoms with Gasteiger partial charge < -0.3 is 83.9 Å². The van der Waals surface area contributed by atoms with Crippen molar-refractivity contribution in [2.45, 2.75) is 75.3 Å². The maximum Gasteiger partial charge on any atom is 0.330 e. The van der Waals surface area contributed by atoms with Crippen molar-refractivity contribution >= 4 is 23.0 Å². The Morgan fingerprint density at radius 3 is 2.16 bits per heavy atom. The highest BCUT2D eigenvalue weighted by Gasteiger charge is 2.46. The Hall–Kier alpha value is -5.64. The maximum absolute atomic E-state index is 14.1. The Bertz CT molecular complexity index is 2220. The number of aliphatic hydroxyl groups is 6. The number of aryl methyl sites for hydroxylation is 1. The van der Waals surface area contributed by atoms with Crippen molar-refractivity contribution in [2.75, 3.05) is 13.7 Å². The Balaban J connectivity index is 1.29. The summed E-state index contributed by atoms with van der Waals surface area (Å²) in [5, 5.41) is 104. The predicted molar refractivity (Wildman–Crippen MR) is 193 cm³/mol. The first-order chi connectivity index (χ1) is 27.0. The number of phenolic OH excluding ortho intramolecular Hbond substituents is 4. The van der Waals surface area contributed by atoms with Gasteiger partial charge >= 0.3 is 5.97 Å². The maximum atomic E-state index is 14.1. The quantitative estimate of drug-likeness (QED) is 0.0584. The van der Waals surface area contributed by atoms with E-state index >= 15 is 0 Å². The standard InChI is InChI=1S/C38H40O19/c1-14-8-16(9-23(51-3)27(14)43)4-7-25(42)52-13-24-29(45)32(48)34(50)38(56-24)57-36-30(46)26-21(41)11-18(54-37-33(49)31(47)28(44)15(2)53-37)12-22(26)55-35(36)17-5-6-19(39)20(40)10-17/h4-12,15,24,28-29,31-34,37-41,43-45,47-50H,13H2,1-3H3/b7-4+/t15?,24?,28-,29+,31-,32-,33?,34?,37-,38-/m0/s1. The first kappa shape index (κ1) is 41.0. The minimum absolute atomic E-state index is 0.0739. The number of carbonyl (C=O) groups excluding carboxylic acids is 1. The number of ether oxygens (including phenoxy) is 6. The Kier molecular flexibility index (Phi) is 11.8. The molecule has 6 rings (SSSR count). The molecule has 0 radical (unpaired) electrons. The van der Waals surface area contributed by atoms with Crippen LogP contribution in [0.3, 0.4) is 0 Å². The smallest absolute Gasteiger partial charge is 0.330 e. The van der Waals surface area contributed by atoms with E-state index in [0.29, 0.717) is 11.1 Å². The summed E-state index contributed by atoms with van der Waals surface area (Å²) in [6.45, 7) is 2.37. The van der Waals surface area contributed by atoms with E-state index in [0.717, 1.165) is 30.3 Å². The number of phenols is 4. The molecule has 19 nitrogen and oxygen atoms in total. The third kappa shape index (κ3) is 8.27. The number of carbonyl (C=O) groups is 1. The van der Waals surface area contributed by atoms with Crippen molar-refractivity contribution in [3.05, 3.63) is 69.9 Å². The highest BCUT2D eigenvalue weighted by molar-refractivity contribution is 5.89. The molecule has 306 valence electrons. The van der Waals surface area contributed by atoms with Gasteiger partial charge in [-0.25, -0.2) is 4.79 Å². The van der Waals surface area contributed by atoms with Crippen LogP contribution in [0.4, 0.5) is 0 Å².